The molecule has 1 aromatic carbocycles. The van der Waals surface area contributed by atoms with Crippen LogP contribution in [0.2, 0.25) is 0 Å². The molecule has 1 unspecified atom stereocenters. The predicted octanol–water partition coefficient (Wildman–Crippen LogP) is 2.06. The number of nitro benzene ring substituents is 1. The molecule has 1 amide bonds. The lowest BCUT2D eigenvalue weighted by atomic mass is 10.1. The number of carbonyl (C=O) groups excluding carboxylic acids is 1. The fourth-order valence-corrected chi connectivity index (χ4v) is 2.53. The normalized spacial score (nSPS) is 12.0. The fraction of sp³-hybridized carbons (Fsp3) is 0.375. The van der Waals surface area contributed by atoms with Crippen molar-refractivity contribution in [2.24, 2.45) is 5.92 Å². The van der Waals surface area contributed by atoms with Crippen molar-refractivity contribution < 1.29 is 9.72 Å². The molecule has 128 valence electrons. The van der Waals surface area contributed by atoms with Crippen LogP contribution >= 0.6 is 0 Å². The second-order valence-electron chi connectivity index (χ2n) is 5.92. The minimum Gasteiger partial charge on any atom is -0.398 e. The molecule has 0 aliphatic carbocycles. The van der Waals surface area contributed by atoms with Gasteiger partial charge in [-0.05, 0) is 31.9 Å². The molecule has 24 heavy (non-hydrogen) atoms. The van der Waals surface area contributed by atoms with Gasteiger partial charge in [0.25, 0.3) is 11.6 Å². The molecule has 0 fully saturated rings. The average Bonchev–Trinajstić information content (AvgIpc) is 2.82. The highest BCUT2D eigenvalue weighted by atomic mass is 16.6. The maximum Gasteiger partial charge on any atom is 0.284 e. The summed E-state index contributed by atoms with van der Waals surface area (Å²) in [4.78, 5) is 22.8. The van der Waals surface area contributed by atoms with Gasteiger partial charge in [0.15, 0.2) is 0 Å². The third kappa shape index (κ3) is 3.89. The van der Waals surface area contributed by atoms with Crippen LogP contribution < -0.4 is 11.1 Å². The monoisotopic (exact) mass is 331 g/mol. The van der Waals surface area contributed by atoms with Crippen LogP contribution in [0.4, 0.5) is 11.4 Å². The van der Waals surface area contributed by atoms with E-state index in [2.05, 4.69) is 10.4 Å². The van der Waals surface area contributed by atoms with E-state index >= 15 is 0 Å². The summed E-state index contributed by atoms with van der Waals surface area (Å²) in [7, 11) is 0. The van der Waals surface area contributed by atoms with Gasteiger partial charge in [-0.2, -0.15) is 5.10 Å². The summed E-state index contributed by atoms with van der Waals surface area (Å²) >= 11 is 0. The first-order chi connectivity index (χ1) is 11.3. The lowest BCUT2D eigenvalue weighted by Crippen LogP contribution is -2.31. The molecule has 0 saturated heterocycles. The molecule has 3 N–H and O–H groups in total. The maximum atomic E-state index is 12.3. The molecule has 0 saturated carbocycles. The molecule has 1 atom stereocenters. The van der Waals surface area contributed by atoms with Gasteiger partial charge < -0.3 is 11.1 Å². The smallest absolute Gasteiger partial charge is 0.284 e. The van der Waals surface area contributed by atoms with Crippen molar-refractivity contribution in [3.63, 3.8) is 0 Å². The molecule has 0 aliphatic heterocycles. The Morgan fingerprint density at radius 3 is 2.75 bits per heavy atom. The molecule has 0 aliphatic rings. The van der Waals surface area contributed by atoms with Gasteiger partial charge in [-0.25, -0.2) is 0 Å². The number of carbonyl (C=O) groups is 1. The molecule has 1 heterocycles. The summed E-state index contributed by atoms with van der Waals surface area (Å²) < 4.78 is 1.88. The van der Waals surface area contributed by atoms with Gasteiger partial charge in [-0.15, -0.1) is 0 Å². The van der Waals surface area contributed by atoms with Crippen molar-refractivity contribution in [1.29, 1.82) is 0 Å². The number of nitrogens with one attached hydrogen (secondary N) is 1. The predicted molar refractivity (Wildman–Crippen MR) is 90.7 cm³/mol. The van der Waals surface area contributed by atoms with E-state index in [4.69, 9.17) is 5.73 Å². The fourth-order valence-electron chi connectivity index (χ4n) is 2.53. The minimum absolute atomic E-state index is 0.0906. The van der Waals surface area contributed by atoms with E-state index in [1.165, 1.54) is 18.2 Å². The topological polar surface area (TPSA) is 116 Å². The number of nitrogens with zero attached hydrogens (tertiary/aromatic N) is 3. The molecule has 0 bridgehead atoms. The molecule has 8 heteroatoms. The van der Waals surface area contributed by atoms with Crippen LogP contribution in [-0.4, -0.2) is 27.2 Å². The first-order valence-corrected chi connectivity index (χ1v) is 7.61. The molecular weight excluding hydrogens is 310 g/mol. The number of benzene rings is 1. The number of nitro groups is 1. The zero-order chi connectivity index (χ0) is 17.9. The van der Waals surface area contributed by atoms with Gasteiger partial charge in [0.1, 0.15) is 5.56 Å². The summed E-state index contributed by atoms with van der Waals surface area (Å²) in [6.07, 6.45) is 0. The Bertz CT molecular complexity index is 769. The first kappa shape index (κ1) is 17.5. The molecule has 1 aromatic heterocycles. The Kier molecular flexibility index (Phi) is 5.18. The van der Waals surface area contributed by atoms with Crippen molar-refractivity contribution in [3.05, 3.63) is 51.3 Å². The van der Waals surface area contributed by atoms with Gasteiger partial charge >= 0.3 is 0 Å². The van der Waals surface area contributed by atoms with Crippen molar-refractivity contribution in [3.8, 4) is 0 Å². The molecule has 8 nitrogen and oxygen atoms in total. The summed E-state index contributed by atoms with van der Waals surface area (Å²) in [5, 5.41) is 18.2. The number of aromatic nitrogens is 2. The summed E-state index contributed by atoms with van der Waals surface area (Å²) in [6.45, 7) is 6.88. The van der Waals surface area contributed by atoms with Crippen LogP contribution in [0.3, 0.4) is 0 Å². The van der Waals surface area contributed by atoms with Gasteiger partial charge in [-0.3, -0.25) is 19.6 Å². The summed E-state index contributed by atoms with van der Waals surface area (Å²) in [5.41, 5.74) is 7.43. The van der Waals surface area contributed by atoms with Crippen molar-refractivity contribution in [1.82, 2.24) is 15.1 Å². The SMILES string of the molecule is Cc1cc(C)n(CC(C)CNC(=O)c2c(N)cccc2[N+](=O)[O-])n1. The molecule has 2 rings (SSSR count). The van der Waals surface area contributed by atoms with Crippen LogP contribution in [-0.2, 0) is 6.54 Å². The minimum atomic E-state index is -0.607. The third-order valence-corrected chi connectivity index (χ3v) is 3.70. The van der Waals surface area contributed by atoms with Gasteiger partial charge in [-0.1, -0.05) is 13.0 Å². The number of amides is 1. The summed E-state index contributed by atoms with van der Waals surface area (Å²) in [5.74, 6) is -0.434. The van der Waals surface area contributed by atoms with Crippen LogP contribution in [0.25, 0.3) is 0 Å². The molecule has 0 radical (unpaired) electrons. The Balaban J connectivity index is 2.03. The zero-order valence-electron chi connectivity index (χ0n) is 13.9. The van der Waals surface area contributed by atoms with Crippen molar-refractivity contribution in [2.45, 2.75) is 27.3 Å². The number of hydrogen-bond donors (Lipinski definition) is 2. The maximum absolute atomic E-state index is 12.3. The number of nitrogens with two attached hydrogens (primary N) is 1. The molecule has 0 spiro atoms. The Morgan fingerprint density at radius 1 is 1.46 bits per heavy atom. The highest BCUT2D eigenvalue weighted by Crippen LogP contribution is 2.23. The summed E-state index contributed by atoms with van der Waals surface area (Å²) in [6, 6.07) is 6.18. The number of aryl methyl sites for hydroxylation is 2. The van der Waals surface area contributed by atoms with Crippen molar-refractivity contribution in [2.75, 3.05) is 12.3 Å². The van der Waals surface area contributed by atoms with Gasteiger partial charge in [0.05, 0.1) is 16.3 Å². The lowest BCUT2D eigenvalue weighted by molar-refractivity contribution is -0.385. The number of anilines is 1. The van der Waals surface area contributed by atoms with Gasteiger partial charge in [0.2, 0.25) is 0 Å². The van der Waals surface area contributed by atoms with E-state index in [0.29, 0.717) is 13.1 Å². The number of nitrogen functional groups attached to an aromatic ring is 1. The quantitative estimate of drug-likeness (QED) is 0.477. The first-order valence-electron chi connectivity index (χ1n) is 7.61. The Hall–Kier alpha value is -2.90. The molecule has 2 aromatic rings. The van der Waals surface area contributed by atoms with E-state index in [-0.39, 0.29) is 22.9 Å². The van der Waals surface area contributed by atoms with E-state index < -0.39 is 10.8 Å². The zero-order valence-corrected chi connectivity index (χ0v) is 13.9. The Labute approximate surface area is 139 Å². The van der Waals surface area contributed by atoms with Gasteiger partial charge in [0, 0.05) is 24.8 Å². The number of rotatable bonds is 6. The van der Waals surface area contributed by atoms with Crippen LogP contribution in [0.1, 0.15) is 28.7 Å². The van der Waals surface area contributed by atoms with E-state index in [1.54, 1.807) is 0 Å². The second kappa shape index (κ2) is 7.12. The van der Waals surface area contributed by atoms with E-state index in [0.717, 1.165) is 11.4 Å². The van der Waals surface area contributed by atoms with Crippen LogP contribution in [0, 0.1) is 29.9 Å². The van der Waals surface area contributed by atoms with Crippen molar-refractivity contribution >= 4 is 17.3 Å². The van der Waals surface area contributed by atoms with E-state index in [9.17, 15) is 14.9 Å². The lowest BCUT2D eigenvalue weighted by Gasteiger charge is -2.14. The Morgan fingerprint density at radius 2 is 2.17 bits per heavy atom. The van der Waals surface area contributed by atoms with Crippen LogP contribution in [0.15, 0.2) is 24.3 Å². The highest BCUT2D eigenvalue weighted by molar-refractivity contribution is 6.03. The van der Waals surface area contributed by atoms with E-state index in [1.807, 2.05) is 31.5 Å². The highest BCUT2D eigenvalue weighted by Gasteiger charge is 2.23. The standard InChI is InChI=1S/C16H21N5O3/c1-10(9-20-12(3)7-11(2)19-20)8-18-16(22)15-13(17)5-4-6-14(15)21(23)24/h4-7,10H,8-9,17H2,1-3H3,(H,18,22). The van der Waals surface area contributed by atoms with Crippen LogP contribution in [0.5, 0.6) is 0 Å². The second-order valence-corrected chi connectivity index (χ2v) is 5.92. The third-order valence-electron chi connectivity index (χ3n) is 3.70. The average molecular weight is 331 g/mol. The number of hydrogen-bond acceptors (Lipinski definition) is 5. The molecular formula is C16H21N5O3. The largest absolute Gasteiger partial charge is 0.398 e.